The lowest BCUT2D eigenvalue weighted by atomic mass is 10.0. The van der Waals surface area contributed by atoms with Crippen molar-refractivity contribution in [2.75, 3.05) is 5.73 Å². The topological polar surface area (TPSA) is 106 Å². The molecular formula is C10H10Cl2N2O3. The number of nitrogen functional groups attached to an aromatic ring is 1. The molecule has 5 nitrogen and oxygen atoms in total. The molecule has 1 atom stereocenters. The third-order valence-corrected chi connectivity index (χ3v) is 2.75. The molecule has 0 aliphatic rings. The van der Waals surface area contributed by atoms with Gasteiger partial charge in [0.15, 0.2) is 5.78 Å². The van der Waals surface area contributed by atoms with Gasteiger partial charge in [0.25, 0.3) is 0 Å². The Labute approximate surface area is 107 Å². The third kappa shape index (κ3) is 3.33. The van der Waals surface area contributed by atoms with Gasteiger partial charge in [0, 0.05) is 12.0 Å². The number of carboxylic acid groups (broad SMARTS) is 1. The van der Waals surface area contributed by atoms with Gasteiger partial charge in [-0.2, -0.15) is 0 Å². The maximum Gasteiger partial charge on any atom is 0.320 e. The van der Waals surface area contributed by atoms with Crippen molar-refractivity contribution < 1.29 is 14.7 Å². The van der Waals surface area contributed by atoms with E-state index >= 15 is 0 Å². The van der Waals surface area contributed by atoms with Gasteiger partial charge in [0.1, 0.15) is 6.04 Å². The number of nitrogens with two attached hydrogens (primary N) is 2. The zero-order valence-corrected chi connectivity index (χ0v) is 10.1. The van der Waals surface area contributed by atoms with E-state index < -0.39 is 17.8 Å². The van der Waals surface area contributed by atoms with Crippen LogP contribution >= 0.6 is 23.2 Å². The molecule has 1 rings (SSSR count). The van der Waals surface area contributed by atoms with Gasteiger partial charge >= 0.3 is 5.97 Å². The molecule has 0 heterocycles. The van der Waals surface area contributed by atoms with Crippen LogP contribution in [0.3, 0.4) is 0 Å². The number of aliphatic carboxylic acids is 1. The average Bonchev–Trinajstić information content (AvgIpc) is 2.24. The van der Waals surface area contributed by atoms with Crippen LogP contribution in [0, 0.1) is 0 Å². The van der Waals surface area contributed by atoms with E-state index in [4.69, 9.17) is 39.8 Å². The number of hydrogen-bond donors (Lipinski definition) is 3. The van der Waals surface area contributed by atoms with Crippen LogP contribution in [0.4, 0.5) is 5.69 Å². The van der Waals surface area contributed by atoms with E-state index in [1.807, 2.05) is 0 Å². The Hall–Kier alpha value is -1.30. The second-order valence-corrected chi connectivity index (χ2v) is 4.24. The molecule has 0 aromatic heterocycles. The summed E-state index contributed by atoms with van der Waals surface area (Å²) in [5.74, 6) is -1.70. The lowest BCUT2D eigenvalue weighted by Gasteiger charge is -2.08. The SMILES string of the molecule is Nc1c(Cl)cc(C(=O)C[C@@H](N)C(=O)O)cc1Cl. The van der Waals surface area contributed by atoms with Crippen molar-refractivity contribution in [3.63, 3.8) is 0 Å². The molecule has 0 spiro atoms. The number of ketones is 1. The van der Waals surface area contributed by atoms with Crippen molar-refractivity contribution in [3.05, 3.63) is 27.7 Å². The Balaban J connectivity index is 2.94. The Kier molecular flexibility index (Phi) is 4.34. The molecule has 0 fully saturated rings. The van der Waals surface area contributed by atoms with Crippen LogP contribution in [0.25, 0.3) is 0 Å². The van der Waals surface area contributed by atoms with E-state index in [1.165, 1.54) is 12.1 Å². The summed E-state index contributed by atoms with van der Waals surface area (Å²) in [4.78, 5) is 22.2. The highest BCUT2D eigenvalue weighted by Crippen LogP contribution is 2.29. The summed E-state index contributed by atoms with van der Waals surface area (Å²) in [6, 6.07) is 1.41. The summed E-state index contributed by atoms with van der Waals surface area (Å²) < 4.78 is 0. The molecule has 0 saturated heterocycles. The van der Waals surface area contributed by atoms with E-state index in [-0.39, 0.29) is 27.7 Å². The number of hydrogen-bond acceptors (Lipinski definition) is 4. The van der Waals surface area contributed by atoms with Crippen molar-refractivity contribution in [1.29, 1.82) is 0 Å². The molecule has 1 aromatic rings. The molecule has 5 N–H and O–H groups in total. The summed E-state index contributed by atoms with van der Waals surface area (Å²) in [6.45, 7) is 0. The highest BCUT2D eigenvalue weighted by molar-refractivity contribution is 6.39. The van der Waals surface area contributed by atoms with Gasteiger partial charge in [-0.05, 0) is 12.1 Å². The van der Waals surface area contributed by atoms with Gasteiger partial charge in [0.05, 0.1) is 15.7 Å². The molecule has 0 amide bonds. The van der Waals surface area contributed by atoms with Crippen molar-refractivity contribution in [3.8, 4) is 0 Å². The largest absolute Gasteiger partial charge is 0.480 e. The zero-order valence-electron chi connectivity index (χ0n) is 8.61. The number of Topliss-reactive ketones (excluding diaryl/α,β-unsaturated/α-hetero) is 1. The predicted molar refractivity (Wildman–Crippen MR) is 65.4 cm³/mol. The molecule has 92 valence electrons. The standard InChI is InChI=1S/C10H10Cl2N2O3/c11-5-1-4(2-6(12)9(5)14)8(15)3-7(13)10(16)17/h1-2,7H,3,13-14H2,(H,16,17)/t7-/m1/s1. The van der Waals surface area contributed by atoms with Crippen LogP contribution in [0.5, 0.6) is 0 Å². The Bertz CT molecular complexity index is 454. The van der Waals surface area contributed by atoms with Gasteiger partial charge in [-0.15, -0.1) is 0 Å². The molecule has 1 aromatic carbocycles. The third-order valence-electron chi connectivity index (χ3n) is 2.12. The minimum atomic E-state index is -1.25. The highest BCUT2D eigenvalue weighted by Gasteiger charge is 2.18. The van der Waals surface area contributed by atoms with Crippen molar-refractivity contribution in [2.45, 2.75) is 12.5 Å². The molecular weight excluding hydrogens is 267 g/mol. The number of anilines is 1. The fourth-order valence-corrected chi connectivity index (χ4v) is 1.64. The molecule has 7 heteroatoms. The van der Waals surface area contributed by atoms with E-state index in [9.17, 15) is 9.59 Å². The van der Waals surface area contributed by atoms with E-state index in [0.29, 0.717) is 0 Å². The van der Waals surface area contributed by atoms with Crippen molar-refractivity contribution in [1.82, 2.24) is 0 Å². The molecule has 0 unspecified atom stereocenters. The van der Waals surface area contributed by atoms with Gasteiger partial charge < -0.3 is 16.6 Å². The summed E-state index contributed by atoms with van der Waals surface area (Å²) in [6.07, 6.45) is -0.327. The monoisotopic (exact) mass is 276 g/mol. The smallest absolute Gasteiger partial charge is 0.320 e. The maximum absolute atomic E-state index is 11.7. The number of benzene rings is 1. The zero-order chi connectivity index (χ0) is 13.2. The maximum atomic E-state index is 11.7. The molecule has 0 radical (unpaired) electrons. The number of carbonyl (C=O) groups is 2. The van der Waals surface area contributed by atoms with Gasteiger partial charge in [-0.25, -0.2) is 0 Å². The summed E-state index contributed by atoms with van der Waals surface area (Å²) in [5.41, 5.74) is 11.1. The van der Waals surface area contributed by atoms with Gasteiger partial charge in [-0.1, -0.05) is 23.2 Å². The molecule has 0 saturated carbocycles. The van der Waals surface area contributed by atoms with E-state index in [0.717, 1.165) is 0 Å². The summed E-state index contributed by atoms with van der Waals surface area (Å²) in [5, 5.41) is 8.87. The van der Waals surface area contributed by atoms with E-state index in [2.05, 4.69) is 0 Å². The first-order chi connectivity index (χ1) is 7.82. The van der Waals surface area contributed by atoms with Crippen LogP contribution in [0.2, 0.25) is 10.0 Å². The second kappa shape index (κ2) is 5.35. The minimum Gasteiger partial charge on any atom is -0.480 e. The summed E-state index contributed by atoms with van der Waals surface area (Å²) >= 11 is 11.5. The molecule has 17 heavy (non-hydrogen) atoms. The van der Waals surface area contributed by atoms with Crippen molar-refractivity contribution >= 4 is 40.6 Å². The Morgan fingerprint density at radius 1 is 1.29 bits per heavy atom. The number of halogens is 2. The molecule has 0 bridgehead atoms. The fraction of sp³-hybridized carbons (Fsp3) is 0.200. The fourth-order valence-electron chi connectivity index (χ4n) is 1.15. The van der Waals surface area contributed by atoms with Crippen LogP contribution < -0.4 is 11.5 Å². The Morgan fingerprint density at radius 3 is 2.18 bits per heavy atom. The molecule has 0 aliphatic heterocycles. The lowest BCUT2D eigenvalue weighted by Crippen LogP contribution is -2.32. The predicted octanol–water partition coefficient (Wildman–Crippen LogP) is 1.56. The average molecular weight is 277 g/mol. The second-order valence-electron chi connectivity index (χ2n) is 3.43. The Morgan fingerprint density at radius 2 is 1.76 bits per heavy atom. The van der Waals surface area contributed by atoms with Gasteiger partial charge in [-0.3, -0.25) is 9.59 Å². The van der Waals surface area contributed by atoms with Crippen molar-refractivity contribution in [2.24, 2.45) is 5.73 Å². The minimum absolute atomic E-state index is 0.143. The van der Waals surface area contributed by atoms with Crippen LogP contribution in [-0.2, 0) is 4.79 Å². The number of carboxylic acids is 1. The quantitative estimate of drug-likeness (QED) is 0.572. The first-order valence-electron chi connectivity index (χ1n) is 4.59. The van der Waals surface area contributed by atoms with Crippen LogP contribution in [0.1, 0.15) is 16.8 Å². The lowest BCUT2D eigenvalue weighted by molar-refractivity contribution is -0.138. The summed E-state index contributed by atoms with van der Waals surface area (Å²) in [7, 11) is 0. The van der Waals surface area contributed by atoms with Crippen LogP contribution in [0.15, 0.2) is 12.1 Å². The molecule has 0 aliphatic carbocycles. The first kappa shape index (κ1) is 13.8. The van der Waals surface area contributed by atoms with Crippen LogP contribution in [-0.4, -0.2) is 22.9 Å². The highest BCUT2D eigenvalue weighted by atomic mass is 35.5. The first-order valence-corrected chi connectivity index (χ1v) is 5.34. The normalized spacial score (nSPS) is 12.2. The number of rotatable bonds is 4. The van der Waals surface area contributed by atoms with Gasteiger partial charge in [0.2, 0.25) is 0 Å². The number of carbonyl (C=O) groups excluding carboxylic acids is 1. The van der Waals surface area contributed by atoms with E-state index in [1.54, 1.807) is 0 Å².